The Kier molecular flexibility index (Phi) is 6.58. The average molecular weight is 384 g/mol. The van der Waals surface area contributed by atoms with E-state index in [0.29, 0.717) is 18.2 Å². The minimum absolute atomic E-state index is 0.213. The van der Waals surface area contributed by atoms with Gasteiger partial charge in [-0.2, -0.15) is 0 Å². The summed E-state index contributed by atoms with van der Waals surface area (Å²) in [6.07, 6.45) is 0.989. The van der Waals surface area contributed by atoms with E-state index in [2.05, 4.69) is 0 Å². The van der Waals surface area contributed by atoms with Gasteiger partial charge in [-0.3, -0.25) is 4.31 Å². The highest BCUT2D eigenvalue weighted by Gasteiger charge is 2.31. The normalized spacial score (nSPS) is 12.5. The highest BCUT2D eigenvalue weighted by molar-refractivity contribution is 7.92. The van der Waals surface area contributed by atoms with Crippen LogP contribution in [0.5, 0.6) is 0 Å². The lowest BCUT2D eigenvalue weighted by atomic mass is 10.1. The van der Waals surface area contributed by atoms with Crippen LogP contribution in [0, 0.1) is 0 Å². The van der Waals surface area contributed by atoms with Gasteiger partial charge in [0.1, 0.15) is 8.07 Å². The fourth-order valence-corrected chi connectivity index (χ4v) is 5.44. The molecule has 0 saturated carbocycles. The molecule has 0 bridgehead atoms. The minimum Gasteiger partial charge on any atom is -0.399 e. The molecule has 0 heterocycles. The van der Waals surface area contributed by atoms with Gasteiger partial charge in [-0.15, -0.1) is 0 Å². The number of hydrogen-bond acceptors (Lipinski definition) is 5. The molecule has 3 N–H and O–H groups in total. The van der Waals surface area contributed by atoms with Crippen molar-refractivity contribution in [2.75, 3.05) is 35.8 Å². The molecule has 0 spiro atoms. The first-order valence-corrected chi connectivity index (χ1v) is 12.8. The van der Waals surface area contributed by atoms with E-state index in [1.54, 1.807) is 6.07 Å². The summed E-state index contributed by atoms with van der Waals surface area (Å²) in [6, 6.07) is 13.7. The van der Waals surface area contributed by atoms with E-state index >= 15 is 0 Å². The van der Waals surface area contributed by atoms with E-state index in [9.17, 15) is 23.7 Å². The number of aliphatic hydroxyl groups is 3. The van der Waals surface area contributed by atoms with Gasteiger partial charge >= 0.3 is 0 Å². The molecule has 25 heavy (non-hydrogen) atoms. The second kappa shape index (κ2) is 8.28. The molecule has 8 heteroatoms. The van der Waals surface area contributed by atoms with Gasteiger partial charge in [0.25, 0.3) is 0 Å². The average Bonchev–Trinajstić information content (AvgIpc) is 2.61. The Morgan fingerprint density at radius 2 is 1.56 bits per heavy atom. The van der Waals surface area contributed by atoms with Crippen LogP contribution in [0.1, 0.15) is 6.42 Å². The zero-order chi connectivity index (χ0) is 18.5. The van der Waals surface area contributed by atoms with Crippen LogP contribution in [0.25, 0.3) is 10.8 Å². The Balaban J connectivity index is 2.22. The maximum Gasteiger partial charge on any atom is 0.232 e. The predicted molar refractivity (Wildman–Crippen MR) is 103 cm³/mol. The standard InChI is InChI=1S/C17H25NO5SSi/c1-24(22,23)18(9-4-10-25(12-19,13-20)14-21)17-8-7-15-5-2-3-6-16(15)11-17/h2-3,5-8,11,19-21H,4,9-10,12-14H2,1H3. The van der Waals surface area contributed by atoms with E-state index in [1.165, 1.54) is 4.31 Å². The molecule has 2 rings (SSSR count). The van der Waals surface area contributed by atoms with Crippen LogP contribution in [0.4, 0.5) is 5.69 Å². The van der Waals surface area contributed by atoms with Crippen molar-refractivity contribution in [3.63, 3.8) is 0 Å². The molecule has 0 amide bonds. The zero-order valence-corrected chi connectivity index (χ0v) is 16.1. The lowest BCUT2D eigenvalue weighted by molar-refractivity contribution is 0.286. The number of sulfonamides is 1. The quantitative estimate of drug-likeness (QED) is 0.562. The van der Waals surface area contributed by atoms with Crippen LogP contribution in [0.15, 0.2) is 42.5 Å². The SMILES string of the molecule is CS(=O)(=O)N(CCC[Si](CO)(CO)CO)c1ccc2ccccc2c1. The molecule has 0 aliphatic carbocycles. The van der Waals surface area contributed by atoms with Crippen molar-refractivity contribution >= 4 is 34.6 Å². The molecule has 138 valence electrons. The smallest absolute Gasteiger partial charge is 0.232 e. The Morgan fingerprint density at radius 3 is 2.12 bits per heavy atom. The fraction of sp³-hybridized carbons (Fsp3) is 0.412. The van der Waals surface area contributed by atoms with Gasteiger partial charge in [0, 0.05) is 25.2 Å². The van der Waals surface area contributed by atoms with Gasteiger partial charge < -0.3 is 15.3 Å². The summed E-state index contributed by atoms with van der Waals surface area (Å²) in [7, 11) is -6.01. The number of aliphatic hydroxyl groups excluding tert-OH is 3. The molecule has 0 fully saturated rings. The molecule has 0 radical (unpaired) electrons. The summed E-state index contributed by atoms with van der Waals surface area (Å²) < 4.78 is 25.8. The summed E-state index contributed by atoms with van der Waals surface area (Å²) >= 11 is 0. The molecule has 0 atom stereocenters. The molecule has 0 saturated heterocycles. The largest absolute Gasteiger partial charge is 0.399 e. The highest BCUT2D eigenvalue weighted by Crippen LogP contribution is 2.25. The van der Waals surface area contributed by atoms with Crippen molar-refractivity contribution in [1.82, 2.24) is 0 Å². The second-order valence-electron chi connectivity index (χ2n) is 6.44. The Labute approximate surface area is 149 Å². The van der Waals surface area contributed by atoms with Gasteiger partial charge in [0.05, 0.1) is 11.9 Å². The van der Waals surface area contributed by atoms with Gasteiger partial charge in [0.2, 0.25) is 10.0 Å². The van der Waals surface area contributed by atoms with Crippen LogP contribution in [-0.2, 0) is 10.0 Å². The fourth-order valence-electron chi connectivity index (χ4n) is 2.80. The molecule has 6 nitrogen and oxygen atoms in total. The van der Waals surface area contributed by atoms with Gasteiger partial charge in [-0.05, 0) is 35.4 Å². The van der Waals surface area contributed by atoms with Crippen molar-refractivity contribution < 1.29 is 23.7 Å². The molecule has 0 aliphatic heterocycles. The third-order valence-corrected chi connectivity index (χ3v) is 9.12. The zero-order valence-electron chi connectivity index (χ0n) is 14.3. The van der Waals surface area contributed by atoms with Crippen molar-refractivity contribution in [3.8, 4) is 0 Å². The van der Waals surface area contributed by atoms with E-state index in [0.717, 1.165) is 17.0 Å². The number of rotatable bonds is 9. The van der Waals surface area contributed by atoms with Gasteiger partial charge in [-0.1, -0.05) is 30.3 Å². The summed E-state index contributed by atoms with van der Waals surface area (Å²) in [5.74, 6) is 0. The van der Waals surface area contributed by atoms with Crippen LogP contribution >= 0.6 is 0 Å². The number of benzene rings is 2. The number of fused-ring (bicyclic) bond motifs is 1. The summed E-state index contributed by atoms with van der Waals surface area (Å²) in [6.45, 7) is 0.242. The van der Waals surface area contributed by atoms with Crippen LogP contribution < -0.4 is 4.31 Å². The van der Waals surface area contributed by atoms with E-state index < -0.39 is 18.1 Å². The lowest BCUT2D eigenvalue weighted by Gasteiger charge is -2.27. The van der Waals surface area contributed by atoms with Crippen LogP contribution in [0.3, 0.4) is 0 Å². The van der Waals surface area contributed by atoms with E-state index in [4.69, 9.17) is 0 Å². The summed E-state index contributed by atoms with van der Waals surface area (Å²) in [5, 5.41) is 30.3. The predicted octanol–water partition coefficient (Wildman–Crippen LogP) is 1.04. The minimum atomic E-state index is -3.46. The number of hydrogen-bond donors (Lipinski definition) is 3. The maximum absolute atomic E-state index is 12.2. The molecule has 2 aromatic carbocycles. The highest BCUT2D eigenvalue weighted by atomic mass is 32.2. The molecule has 2 aromatic rings. The first kappa shape index (κ1) is 19.9. The van der Waals surface area contributed by atoms with Crippen molar-refractivity contribution in [2.24, 2.45) is 0 Å². The Morgan fingerprint density at radius 1 is 0.960 bits per heavy atom. The van der Waals surface area contributed by atoms with E-state index in [1.807, 2.05) is 36.4 Å². The maximum atomic E-state index is 12.2. The van der Waals surface area contributed by atoms with Gasteiger partial charge in [-0.25, -0.2) is 8.42 Å². The van der Waals surface area contributed by atoms with Crippen molar-refractivity contribution in [2.45, 2.75) is 12.5 Å². The third kappa shape index (κ3) is 4.80. The van der Waals surface area contributed by atoms with E-state index in [-0.39, 0.29) is 25.2 Å². The lowest BCUT2D eigenvalue weighted by Crippen LogP contribution is -2.48. The molecular weight excluding hydrogens is 358 g/mol. The summed E-state index contributed by atoms with van der Waals surface area (Å²) in [5.41, 5.74) is 0.588. The summed E-state index contributed by atoms with van der Waals surface area (Å²) in [4.78, 5) is 0. The Hall–Kier alpha value is -1.45. The van der Waals surface area contributed by atoms with Crippen molar-refractivity contribution in [3.05, 3.63) is 42.5 Å². The number of nitrogens with zero attached hydrogens (tertiary/aromatic N) is 1. The molecule has 0 aliphatic rings. The van der Waals surface area contributed by atoms with Gasteiger partial charge in [0.15, 0.2) is 0 Å². The van der Waals surface area contributed by atoms with Crippen LogP contribution in [-0.4, -0.2) is 63.3 Å². The van der Waals surface area contributed by atoms with Crippen molar-refractivity contribution in [1.29, 1.82) is 0 Å². The first-order chi connectivity index (χ1) is 11.8. The Bertz CT molecular complexity index is 799. The topological polar surface area (TPSA) is 98.1 Å². The third-order valence-electron chi connectivity index (χ3n) is 4.50. The first-order valence-electron chi connectivity index (χ1n) is 8.14. The molecule has 0 unspecified atom stereocenters. The molecule has 0 aromatic heterocycles. The monoisotopic (exact) mass is 383 g/mol. The van der Waals surface area contributed by atoms with Crippen LogP contribution in [0.2, 0.25) is 6.04 Å². The number of anilines is 1. The molecular formula is C17H25NO5SSi. The second-order valence-corrected chi connectivity index (χ2v) is 12.8.